The third kappa shape index (κ3) is 1.57. The predicted molar refractivity (Wildman–Crippen MR) is 61.5 cm³/mol. The molecule has 0 aliphatic rings. The highest BCUT2D eigenvalue weighted by Gasteiger charge is 2.11. The average Bonchev–Trinajstić information content (AvgIpc) is 2.50. The first kappa shape index (κ1) is 10.7. The molecule has 0 aliphatic heterocycles. The maximum Gasteiger partial charge on any atom is 0.125 e. The molecule has 0 radical (unpaired) electrons. The van der Waals surface area contributed by atoms with Crippen molar-refractivity contribution in [3.05, 3.63) is 35.3 Å². The molecule has 0 aliphatic carbocycles. The van der Waals surface area contributed by atoms with Crippen LogP contribution in [0.2, 0.25) is 0 Å². The molecule has 0 bridgehead atoms. The molecule has 2 rings (SSSR count). The number of hydrogen-bond acceptors (Lipinski definition) is 1. The van der Waals surface area contributed by atoms with Gasteiger partial charge in [0.25, 0.3) is 0 Å². The third-order valence-electron chi connectivity index (χ3n) is 3.07. The van der Waals surface area contributed by atoms with Gasteiger partial charge in [-0.2, -0.15) is 5.26 Å². The zero-order valence-electron chi connectivity index (χ0n) is 9.42. The Morgan fingerprint density at radius 1 is 1.44 bits per heavy atom. The molecule has 0 saturated carbocycles. The maximum absolute atomic E-state index is 13.1. The quantitative estimate of drug-likeness (QED) is 0.758. The molecule has 1 aromatic heterocycles. The minimum Gasteiger partial charge on any atom is -0.348 e. The van der Waals surface area contributed by atoms with E-state index in [1.807, 2.05) is 18.5 Å². The lowest BCUT2D eigenvalue weighted by Crippen LogP contribution is -1.92. The van der Waals surface area contributed by atoms with Crippen molar-refractivity contribution in [2.24, 2.45) is 7.05 Å². The lowest BCUT2D eigenvalue weighted by molar-refractivity contribution is 0.629. The molecule has 0 unspecified atom stereocenters. The normalized spacial score (nSPS) is 10.6. The van der Waals surface area contributed by atoms with Gasteiger partial charge in [-0.15, -0.1) is 0 Å². The largest absolute Gasteiger partial charge is 0.348 e. The summed E-state index contributed by atoms with van der Waals surface area (Å²) in [7, 11) is 1.92. The van der Waals surface area contributed by atoms with Crippen LogP contribution in [-0.4, -0.2) is 4.57 Å². The number of nitrogens with zero attached hydrogens (tertiary/aromatic N) is 2. The number of rotatable bonds is 2. The molecule has 3 heteroatoms. The fourth-order valence-corrected chi connectivity index (χ4v) is 2.11. The van der Waals surface area contributed by atoms with Gasteiger partial charge in [-0.1, -0.05) is 0 Å². The molecule has 0 spiro atoms. The van der Waals surface area contributed by atoms with Crippen LogP contribution in [0.15, 0.2) is 18.2 Å². The first-order valence-corrected chi connectivity index (χ1v) is 5.25. The molecule has 0 amide bonds. The summed E-state index contributed by atoms with van der Waals surface area (Å²) in [6.07, 6.45) is 1.22. The molecule has 0 N–H and O–H groups in total. The van der Waals surface area contributed by atoms with Crippen molar-refractivity contribution in [1.82, 2.24) is 4.57 Å². The summed E-state index contributed by atoms with van der Waals surface area (Å²) >= 11 is 0. The van der Waals surface area contributed by atoms with Gasteiger partial charge in [0.1, 0.15) is 5.82 Å². The SMILES string of the molecule is Cc1c(CCC#N)c2ccc(F)cc2n1C. The van der Waals surface area contributed by atoms with Crippen molar-refractivity contribution in [3.8, 4) is 6.07 Å². The second kappa shape index (κ2) is 3.97. The average molecular weight is 216 g/mol. The fraction of sp³-hybridized carbons (Fsp3) is 0.308. The standard InChI is InChI=1S/C13H13FN2/c1-9-11(4-3-7-15)12-6-5-10(14)8-13(12)16(9)2/h5-6,8H,3-4H2,1-2H3. The number of hydrogen-bond donors (Lipinski definition) is 0. The Balaban J connectivity index is 2.65. The van der Waals surface area contributed by atoms with Gasteiger partial charge in [0.15, 0.2) is 0 Å². The minimum atomic E-state index is -0.222. The van der Waals surface area contributed by atoms with Crippen LogP contribution >= 0.6 is 0 Å². The summed E-state index contributed by atoms with van der Waals surface area (Å²) in [5.41, 5.74) is 3.15. The second-order valence-electron chi connectivity index (χ2n) is 3.94. The molecule has 2 nitrogen and oxygen atoms in total. The van der Waals surface area contributed by atoms with E-state index in [2.05, 4.69) is 6.07 Å². The Morgan fingerprint density at radius 2 is 2.19 bits per heavy atom. The van der Waals surface area contributed by atoms with E-state index < -0.39 is 0 Å². The van der Waals surface area contributed by atoms with E-state index in [1.165, 1.54) is 12.1 Å². The van der Waals surface area contributed by atoms with Gasteiger partial charge in [0, 0.05) is 24.5 Å². The van der Waals surface area contributed by atoms with Crippen molar-refractivity contribution in [3.63, 3.8) is 0 Å². The van der Waals surface area contributed by atoms with E-state index in [9.17, 15) is 4.39 Å². The van der Waals surface area contributed by atoms with Gasteiger partial charge in [-0.05, 0) is 37.1 Å². The lowest BCUT2D eigenvalue weighted by Gasteiger charge is -1.99. The Morgan fingerprint density at radius 3 is 2.88 bits per heavy atom. The van der Waals surface area contributed by atoms with E-state index in [-0.39, 0.29) is 5.82 Å². The highest BCUT2D eigenvalue weighted by Crippen LogP contribution is 2.26. The summed E-state index contributed by atoms with van der Waals surface area (Å²) in [6, 6.07) is 6.95. The monoisotopic (exact) mass is 216 g/mol. The van der Waals surface area contributed by atoms with Gasteiger partial charge >= 0.3 is 0 Å². The topological polar surface area (TPSA) is 28.7 Å². The maximum atomic E-state index is 13.1. The number of halogens is 1. The lowest BCUT2D eigenvalue weighted by atomic mass is 10.1. The van der Waals surface area contributed by atoms with Gasteiger partial charge < -0.3 is 4.57 Å². The highest BCUT2D eigenvalue weighted by molar-refractivity contribution is 5.85. The summed E-state index contributed by atoms with van der Waals surface area (Å²) in [6.45, 7) is 2.00. The molecule has 1 aromatic carbocycles. The smallest absolute Gasteiger partial charge is 0.125 e. The van der Waals surface area contributed by atoms with Crippen LogP contribution in [0.3, 0.4) is 0 Å². The third-order valence-corrected chi connectivity index (χ3v) is 3.07. The molecule has 16 heavy (non-hydrogen) atoms. The van der Waals surface area contributed by atoms with Crippen molar-refractivity contribution in [2.75, 3.05) is 0 Å². The Kier molecular flexibility index (Phi) is 2.66. The van der Waals surface area contributed by atoms with E-state index in [0.29, 0.717) is 6.42 Å². The van der Waals surface area contributed by atoms with Crippen molar-refractivity contribution >= 4 is 10.9 Å². The molecular weight excluding hydrogens is 203 g/mol. The van der Waals surface area contributed by atoms with Crippen LogP contribution in [0.4, 0.5) is 4.39 Å². The molecule has 2 aromatic rings. The Labute approximate surface area is 93.9 Å². The Bertz CT molecular complexity index is 576. The molecule has 0 fully saturated rings. The summed E-state index contributed by atoms with van der Waals surface area (Å²) in [5.74, 6) is -0.222. The van der Waals surface area contributed by atoms with Crippen LogP contribution in [0.5, 0.6) is 0 Å². The molecule has 0 atom stereocenters. The summed E-state index contributed by atoms with van der Waals surface area (Å²) in [4.78, 5) is 0. The Hall–Kier alpha value is -1.82. The first-order valence-electron chi connectivity index (χ1n) is 5.25. The molecular formula is C13H13FN2. The van der Waals surface area contributed by atoms with Crippen LogP contribution in [0.25, 0.3) is 10.9 Å². The van der Waals surface area contributed by atoms with E-state index in [1.54, 1.807) is 6.07 Å². The minimum absolute atomic E-state index is 0.222. The number of fused-ring (bicyclic) bond motifs is 1. The van der Waals surface area contributed by atoms with Crippen molar-refractivity contribution in [1.29, 1.82) is 5.26 Å². The zero-order valence-corrected chi connectivity index (χ0v) is 9.42. The van der Waals surface area contributed by atoms with Crippen LogP contribution < -0.4 is 0 Å². The second-order valence-corrected chi connectivity index (χ2v) is 3.94. The molecule has 82 valence electrons. The summed E-state index contributed by atoms with van der Waals surface area (Å²) in [5, 5.41) is 9.68. The van der Waals surface area contributed by atoms with Crippen LogP contribution in [0.1, 0.15) is 17.7 Å². The zero-order chi connectivity index (χ0) is 11.7. The number of aryl methyl sites for hydroxylation is 2. The van der Waals surface area contributed by atoms with Gasteiger partial charge in [-0.3, -0.25) is 0 Å². The van der Waals surface area contributed by atoms with Crippen molar-refractivity contribution < 1.29 is 4.39 Å². The van der Waals surface area contributed by atoms with Gasteiger partial charge in [0.2, 0.25) is 0 Å². The summed E-state index contributed by atoms with van der Waals surface area (Å²) < 4.78 is 15.1. The van der Waals surface area contributed by atoms with Crippen molar-refractivity contribution in [2.45, 2.75) is 19.8 Å². The molecule has 0 saturated heterocycles. The predicted octanol–water partition coefficient (Wildman–Crippen LogP) is 3.08. The van der Waals surface area contributed by atoms with E-state index in [0.717, 1.165) is 28.6 Å². The van der Waals surface area contributed by atoms with Crippen LogP contribution in [-0.2, 0) is 13.5 Å². The van der Waals surface area contributed by atoms with E-state index >= 15 is 0 Å². The van der Waals surface area contributed by atoms with E-state index in [4.69, 9.17) is 5.26 Å². The van der Waals surface area contributed by atoms with Gasteiger partial charge in [0.05, 0.1) is 11.6 Å². The number of benzene rings is 1. The number of aromatic nitrogens is 1. The highest BCUT2D eigenvalue weighted by atomic mass is 19.1. The van der Waals surface area contributed by atoms with Crippen LogP contribution in [0, 0.1) is 24.1 Å². The number of nitriles is 1. The molecule has 1 heterocycles. The fourth-order valence-electron chi connectivity index (χ4n) is 2.11. The van der Waals surface area contributed by atoms with Gasteiger partial charge in [-0.25, -0.2) is 4.39 Å². The first-order chi connectivity index (χ1) is 7.65.